The van der Waals surface area contributed by atoms with Crippen molar-refractivity contribution >= 4 is 11.7 Å². The van der Waals surface area contributed by atoms with Gasteiger partial charge in [-0.1, -0.05) is 19.8 Å². The van der Waals surface area contributed by atoms with Gasteiger partial charge in [0.25, 0.3) is 11.7 Å². The van der Waals surface area contributed by atoms with Gasteiger partial charge in [0.2, 0.25) is 5.82 Å². The second-order valence-corrected chi connectivity index (χ2v) is 6.03. The largest absolute Gasteiger partial charge is 0.346 e. The highest BCUT2D eigenvalue weighted by Crippen LogP contribution is 2.23. The van der Waals surface area contributed by atoms with Crippen LogP contribution in [0.2, 0.25) is 0 Å². The molecule has 2 unspecified atom stereocenters. The molecule has 6 nitrogen and oxygen atoms in total. The Morgan fingerprint density at radius 3 is 2.81 bits per heavy atom. The number of carbonyl (C=O) groups is 1. The molecule has 0 spiro atoms. The fourth-order valence-electron chi connectivity index (χ4n) is 3.03. The summed E-state index contributed by atoms with van der Waals surface area (Å²) in [6.45, 7) is 6.03. The Labute approximate surface area is 124 Å². The summed E-state index contributed by atoms with van der Waals surface area (Å²) in [5, 5.41) is 7.35. The molecule has 112 valence electrons. The standard InChI is InChI=1S/C15H21N5O/c1-9-6-4-5-7-12(9)17-14(21)13-18-15-16-10(2)8-11(3)20(15)19-13/h8-9,12H,4-7H2,1-3H3,(H,17,21). The van der Waals surface area contributed by atoms with Crippen molar-refractivity contribution < 1.29 is 4.79 Å². The lowest BCUT2D eigenvalue weighted by Crippen LogP contribution is -2.41. The summed E-state index contributed by atoms with van der Waals surface area (Å²) in [6, 6.07) is 2.15. The average molecular weight is 287 g/mol. The van der Waals surface area contributed by atoms with Crippen molar-refractivity contribution in [3.63, 3.8) is 0 Å². The monoisotopic (exact) mass is 287 g/mol. The Kier molecular flexibility index (Phi) is 3.61. The number of nitrogens with zero attached hydrogens (tertiary/aromatic N) is 4. The summed E-state index contributed by atoms with van der Waals surface area (Å²) in [7, 11) is 0. The van der Waals surface area contributed by atoms with E-state index in [1.165, 1.54) is 19.3 Å². The maximum absolute atomic E-state index is 12.3. The third-order valence-electron chi connectivity index (χ3n) is 4.25. The molecule has 0 saturated heterocycles. The van der Waals surface area contributed by atoms with Crippen molar-refractivity contribution in [2.24, 2.45) is 5.92 Å². The summed E-state index contributed by atoms with van der Waals surface area (Å²) >= 11 is 0. The molecule has 0 aromatic carbocycles. The molecular formula is C15H21N5O. The average Bonchev–Trinajstić information content (AvgIpc) is 2.85. The zero-order valence-electron chi connectivity index (χ0n) is 12.8. The van der Waals surface area contributed by atoms with Crippen LogP contribution in [0.1, 0.15) is 54.6 Å². The highest BCUT2D eigenvalue weighted by atomic mass is 16.2. The van der Waals surface area contributed by atoms with Gasteiger partial charge in [-0.05, 0) is 38.7 Å². The summed E-state index contributed by atoms with van der Waals surface area (Å²) in [6.07, 6.45) is 4.64. The van der Waals surface area contributed by atoms with Crippen LogP contribution in [0.4, 0.5) is 0 Å². The number of amides is 1. The predicted molar refractivity (Wildman–Crippen MR) is 79.1 cm³/mol. The molecule has 3 rings (SSSR count). The molecule has 1 saturated carbocycles. The molecule has 0 bridgehead atoms. The Morgan fingerprint density at radius 2 is 2.05 bits per heavy atom. The minimum Gasteiger partial charge on any atom is -0.346 e. The highest BCUT2D eigenvalue weighted by Gasteiger charge is 2.25. The molecule has 1 amide bonds. The van der Waals surface area contributed by atoms with E-state index in [9.17, 15) is 4.79 Å². The number of fused-ring (bicyclic) bond motifs is 1. The first-order valence-corrected chi connectivity index (χ1v) is 7.56. The predicted octanol–water partition coefficient (Wildman–Crippen LogP) is 2.05. The summed E-state index contributed by atoms with van der Waals surface area (Å²) in [5.41, 5.74) is 1.80. The van der Waals surface area contributed by atoms with Crippen molar-refractivity contribution in [3.05, 3.63) is 23.3 Å². The van der Waals surface area contributed by atoms with Crippen molar-refractivity contribution in [2.45, 2.75) is 52.5 Å². The zero-order chi connectivity index (χ0) is 15.0. The molecular weight excluding hydrogens is 266 g/mol. The number of carbonyl (C=O) groups excluding carboxylic acids is 1. The van der Waals surface area contributed by atoms with E-state index in [0.717, 1.165) is 17.8 Å². The van der Waals surface area contributed by atoms with Gasteiger partial charge < -0.3 is 5.32 Å². The first-order valence-electron chi connectivity index (χ1n) is 7.56. The molecule has 0 radical (unpaired) electrons. The van der Waals surface area contributed by atoms with Crippen LogP contribution in [-0.2, 0) is 0 Å². The first kappa shape index (κ1) is 14.0. The van der Waals surface area contributed by atoms with Gasteiger partial charge in [0.1, 0.15) is 0 Å². The van der Waals surface area contributed by atoms with E-state index in [4.69, 9.17) is 0 Å². The van der Waals surface area contributed by atoms with E-state index in [0.29, 0.717) is 11.7 Å². The first-order chi connectivity index (χ1) is 10.0. The van der Waals surface area contributed by atoms with Crippen LogP contribution in [0.15, 0.2) is 6.07 Å². The third-order valence-corrected chi connectivity index (χ3v) is 4.25. The Hall–Kier alpha value is -1.98. The summed E-state index contributed by atoms with van der Waals surface area (Å²) in [5.74, 6) is 1.00. The van der Waals surface area contributed by atoms with Gasteiger partial charge in [-0.2, -0.15) is 4.98 Å². The van der Waals surface area contributed by atoms with E-state index >= 15 is 0 Å². The van der Waals surface area contributed by atoms with E-state index < -0.39 is 0 Å². The molecule has 2 aromatic rings. The molecule has 0 aliphatic heterocycles. The topological polar surface area (TPSA) is 72.2 Å². The van der Waals surface area contributed by atoms with Gasteiger partial charge in [0.05, 0.1) is 0 Å². The fraction of sp³-hybridized carbons (Fsp3) is 0.600. The zero-order valence-corrected chi connectivity index (χ0v) is 12.8. The van der Waals surface area contributed by atoms with Crippen LogP contribution in [0.3, 0.4) is 0 Å². The molecule has 1 N–H and O–H groups in total. The van der Waals surface area contributed by atoms with E-state index in [2.05, 4.69) is 27.3 Å². The van der Waals surface area contributed by atoms with Crippen LogP contribution in [0, 0.1) is 19.8 Å². The second-order valence-electron chi connectivity index (χ2n) is 6.03. The Bertz CT molecular complexity index is 678. The molecule has 21 heavy (non-hydrogen) atoms. The highest BCUT2D eigenvalue weighted by molar-refractivity contribution is 5.91. The normalized spacial score (nSPS) is 22.4. The van der Waals surface area contributed by atoms with Crippen molar-refractivity contribution in [3.8, 4) is 0 Å². The van der Waals surface area contributed by atoms with E-state index in [1.54, 1.807) is 4.52 Å². The van der Waals surface area contributed by atoms with Crippen LogP contribution in [-0.4, -0.2) is 31.5 Å². The lowest BCUT2D eigenvalue weighted by molar-refractivity contribution is 0.0900. The number of rotatable bonds is 2. The SMILES string of the molecule is Cc1cc(C)n2nc(C(=O)NC3CCCCC3C)nc2n1. The lowest BCUT2D eigenvalue weighted by atomic mass is 9.86. The third kappa shape index (κ3) is 2.75. The van der Waals surface area contributed by atoms with Crippen LogP contribution in [0.5, 0.6) is 0 Å². The number of hydrogen-bond acceptors (Lipinski definition) is 4. The lowest BCUT2D eigenvalue weighted by Gasteiger charge is -2.28. The molecule has 2 heterocycles. The van der Waals surface area contributed by atoms with E-state index in [-0.39, 0.29) is 17.8 Å². The van der Waals surface area contributed by atoms with Crippen LogP contribution in [0.25, 0.3) is 5.78 Å². The maximum atomic E-state index is 12.3. The molecule has 2 atom stereocenters. The molecule has 2 aromatic heterocycles. The quantitative estimate of drug-likeness (QED) is 0.917. The smallest absolute Gasteiger partial charge is 0.291 e. The Balaban J connectivity index is 1.83. The van der Waals surface area contributed by atoms with E-state index in [1.807, 2.05) is 19.9 Å². The van der Waals surface area contributed by atoms with Crippen LogP contribution >= 0.6 is 0 Å². The van der Waals surface area contributed by atoms with Gasteiger partial charge in [-0.3, -0.25) is 4.79 Å². The molecule has 6 heteroatoms. The van der Waals surface area contributed by atoms with Crippen molar-refractivity contribution in [2.75, 3.05) is 0 Å². The number of hydrogen-bond donors (Lipinski definition) is 1. The Morgan fingerprint density at radius 1 is 1.29 bits per heavy atom. The van der Waals surface area contributed by atoms with Crippen molar-refractivity contribution in [1.29, 1.82) is 0 Å². The second kappa shape index (κ2) is 5.42. The molecule has 1 aliphatic carbocycles. The van der Waals surface area contributed by atoms with Gasteiger partial charge in [-0.15, -0.1) is 5.10 Å². The van der Waals surface area contributed by atoms with Gasteiger partial charge in [0, 0.05) is 17.4 Å². The minimum absolute atomic E-state index is 0.198. The summed E-state index contributed by atoms with van der Waals surface area (Å²) < 4.78 is 1.62. The summed E-state index contributed by atoms with van der Waals surface area (Å²) in [4.78, 5) is 20.9. The number of nitrogens with one attached hydrogen (secondary N) is 1. The molecule has 1 fully saturated rings. The maximum Gasteiger partial charge on any atom is 0.291 e. The van der Waals surface area contributed by atoms with Gasteiger partial charge in [0.15, 0.2) is 0 Å². The fourth-order valence-corrected chi connectivity index (χ4v) is 3.03. The number of aryl methyl sites for hydroxylation is 2. The minimum atomic E-state index is -0.198. The van der Waals surface area contributed by atoms with Crippen molar-refractivity contribution in [1.82, 2.24) is 24.9 Å². The van der Waals surface area contributed by atoms with Gasteiger partial charge in [-0.25, -0.2) is 9.50 Å². The molecule has 1 aliphatic rings. The number of aromatic nitrogens is 4. The van der Waals surface area contributed by atoms with Crippen LogP contribution < -0.4 is 5.32 Å². The van der Waals surface area contributed by atoms with Gasteiger partial charge >= 0.3 is 0 Å².